The molecule has 32 heteroatoms. The molecule has 0 saturated carbocycles. The van der Waals surface area contributed by atoms with Crippen LogP contribution in [0.15, 0.2) is 0 Å². The summed E-state index contributed by atoms with van der Waals surface area (Å²) < 4.78 is 284. The molecule has 0 spiro atoms. The SMILES string of the molecule is OC(F)(F)C(F)(F)OC(F)(F)C(F)(OC(F)(F)C(O)(F)F)C(F)(F)OC(F)(F)C(O)(F)F.OCC(F)F.OCC(F)F.OCC(F)F. The summed E-state index contributed by atoms with van der Waals surface area (Å²) in [6.45, 7) is -3.08. The number of hydrogen-bond acceptors (Lipinski definition) is 9. The summed E-state index contributed by atoms with van der Waals surface area (Å²) in [6, 6.07) is 0. The summed E-state index contributed by atoms with van der Waals surface area (Å²) in [6.07, 6.45) is -67.0. The highest BCUT2D eigenvalue weighted by Gasteiger charge is 2.84. The molecule has 0 heterocycles. The normalized spacial score (nSPS) is 14.3. The molecule has 47 heavy (non-hydrogen) atoms. The number of aliphatic hydroxyl groups excluding tert-OH is 3. The van der Waals surface area contributed by atoms with E-state index in [-0.39, 0.29) is 0 Å². The Balaban J connectivity index is -0.000000506. The molecular formula is C15H15F23O9. The molecule has 0 aliphatic carbocycles. The molecule has 0 unspecified atom stereocenters. The molecular weight excluding hydrogens is 761 g/mol. The number of halogens is 23. The van der Waals surface area contributed by atoms with E-state index in [1.165, 1.54) is 14.2 Å². The Bertz CT molecular complexity index is 797. The first-order valence-corrected chi connectivity index (χ1v) is 9.84. The predicted octanol–water partition coefficient (Wildman–Crippen LogP) is 4.15. The van der Waals surface area contributed by atoms with Gasteiger partial charge in [-0.3, -0.25) is 4.74 Å². The average molecular weight is 776 g/mol. The molecule has 0 aliphatic rings. The van der Waals surface area contributed by atoms with E-state index in [2.05, 4.69) is 0 Å². The molecule has 0 radical (unpaired) electrons. The van der Waals surface area contributed by atoms with Gasteiger partial charge in [-0.25, -0.2) is 35.8 Å². The Hall–Kier alpha value is -1.97. The Morgan fingerprint density at radius 3 is 0.617 bits per heavy atom. The van der Waals surface area contributed by atoms with Crippen molar-refractivity contribution in [3.05, 3.63) is 0 Å². The molecule has 0 saturated heterocycles. The van der Waals surface area contributed by atoms with Crippen LogP contribution < -0.4 is 0 Å². The van der Waals surface area contributed by atoms with Crippen LogP contribution in [0.2, 0.25) is 0 Å². The van der Waals surface area contributed by atoms with Gasteiger partial charge in [-0.15, -0.1) is 0 Å². The number of ether oxygens (including phenoxy) is 3. The lowest BCUT2D eigenvalue weighted by Gasteiger charge is -2.41. The van der Waals surface area contributed by atoms with Crippen molar-refractivity contribution in [3.63, 3.8) is 0 Å². The maximum atomic E-state index is 14.0. The van der Waals surface area contributed by atoms with Gasteiger partial charge < -0.3 is 30.6 Å². The Morgan fingerprint density at radius 1 is 0.340 bits per heavy atom. The summed E-state index contributed by atoms with van der Waals surface area (Å²) in [5.41, 5.74) is 0. The Kier molecular flexibility index (Phi) is 20.0. The monoisotopic (exact) mass is 776 g/mol. The van der Waals surface area contributed by atoms with Crippen molar-refractivity contribution in [2.24, 2.45) is 0 Å². The van der Waals surface area contributed by atoms with Crippen LogP contribution in [0.3, 0.4) is 0 Å². The van der Waals surface area contributed by atoms with Crippen molar-refractivity contribution in [3.8, 4) is 0 Å². The van der Waals surface area contributed by atoms with E-state index in [4.69, 9.17) is 30.6 Å². The number of aliphatic hydroxyl groups is 6. The van der Waals surface area contributed by atoms with Gasteiger partial charge in [0.1, 0.15) is 19.8 Å². The van der Waals surface area contributed by atoms with E-state index in [0.29, 0.717) is 0 Å². The standard InChI is InChI=1S/C9H3F17O6.3C2H4F2O/c10-1(30-7(21,22)2(11,12)27,5(17,18)31-8(23,24)3(13,14)28)6(19,20)32-9(25,26)4(15,16)29;3*3-2(4)1-5/h27-29H;3*2,5H,1H2. The Labute approximate surface area is 241 Å². The lowest BCUT2D eigenvalue weighted by Crippen LogP contribution is -2.69. The van der Waals surface area contributed by atoms with Crippen LogP contribution in [0.5, 0.6) is 0 Å². The van der Waals surface area contributed by atoms with Gasteiger partial charge in [0.25, 0.3) is 19.3 Å². The molecule has 290 valence electrons. The van der Waals surface area contributed by atoms with Crippen molar-refractivity contribution in [1.82, 2.24) is 0 Å². The third-order valence-corrected chi connectivity index (χ3v) is 2.99. The van der Waals surface area contributed by atoms with E-state index >= 15 is 0 Å². The largest absolute Gasteiger partial charge is 0.452 e. The van der Waals surface area contributed by atoms with Gasteiger partial charge in [-0.2, -0.15) is 74.6 Å². The van der Waals surface area contributed by atoms with Crippen LogP contribution in [-0.4, -0.2) is 124 Å². The molecule has 0 aromatic heterocycles. The zero-order valence-corrected chi connectivity index (χ0v) is 21.0. The van der Waals surface area contributed by atoms with E-state index in [1.54, 1.807) is 0 Å². The molecule has 0 fully saturated rings. The summed E-state index contributed by atoms with van der Waals surface area (Å²) >= 11 is 0. The zero-order valence-electron chi connectivity index (χ0n) is 21.0. The maximum absolute atomic E-state index is 14.0. The molecule has 9 nitrogen and oxygen atoms in total. The van der Waals surface area contributed by atoms with Gasteiger partial charge in [0.2, 0.25) is 0 Å². The van der Waals surface area contributed by atoms with Gasteiger partial charge in [0, 0.05) is 0 Å². The van der Waals surface area contributed by atoms with Crippen molar-refractivity contribution in [2.45, 2.75) is 74.0 Å². The van der Waals surface area contributed by atoms with E-state index in [9.17, 15) is 101 Å². The van der Waals surface area contributed by atoms with Crippen molar-refractivity contribution in [1.29, 1.82) is 0 Å². The highest BCUT2D eigenvalue weighted by molar-refractivity contribution is 4.92. The zero-order chi connectivity index (χ0) is 39.5. The fraction of sp³-hybridized carbons (Fsp3) is 1.00. The maximum Gasteiger partial charge on any atom is 0.452 e. The Morgan fingerprint density at radius 2 is 0.489 bits per heavy atom. The van der Waals surface area contributed by atoms with Crippen LogP contribution in [0, 0.1) is 0 Å². The second-order valence-electron chi connectivity index (χ2n) is 6.83. The lowest BCUT2D eigenvalue weighted by molar-refractivity contribution is -0.594. The molecule has 6 N–H and O–H groups in total. The van der Waals surface area contributed by atoms with Crippen LogP contribution in [0.1, 0.15) is 0 Å². The summed E-state index contributed by atoms with van der Waals surface area (Å²) in [4.78, 5) is 0. The summed E-state index contributed by atoms with van der Waals surface area (Å²) in [7, 11) is 0. The highest BCUT2D eigenvalue weighted by atomic mass is 19.4. The first-order valence-electron chi connectivity index (χ1n) is 9.84. The first kappa shape index (κ1) is 51.9. The molecule has 0 aromatic carbocycles. The van der Waals surface area contributed by atoms with Gasteiger partial charge in [-0.05, 0) is 0 Å². The van der Waals surface area contributed by atoms with Crippen LogP contribution >= 0.6 is 0 Å². The van der Waals surface area contributed by atoms with Gasteiger partial charge in [0.05, 0.1) is 0 Å². The number of hydrogen-bond donors (Lipinski definition) is 6. The second-order valence-corrected chi connectivity index (χ2v) is 6.83. The smallest absolute Gasteiger partial charge is 0.390 e. The van der Waals surface area contributed by atoms with Crippen molar-refractivity contribution in [2.75, 3.05) is 19.8 Å². The van der Waals surface area contributed by atoms with E-state index < -0.39 is 93.8 Å². The third kappa shape index (κ3) is 17.3. The minimum atomic E-state index is -8.17. The summed E-state index contributed by atoms with van der Waals surface area (Å²) in [5, 5.41) is 44.9. The number of rotatable bonds is 14. The molecule has 0 amide bonds. The minimum absolute atomic E-state index is 1.03. The van der Waals surface area contributed by atoms with Gasteiger partial charge >= 0.3 is 54.7 Å². The minimum Gasteiger partial charge on any atom is -0.390 e. The van der Waals surface area contributed by atoms with Gasteiger partial charge in [0.15, 0.2) is 0 Å². The third-order valence-electron chi connectivity index (χ3n) is 2.99. The van der Waals surface area contributed by atoms with Gasteiger partial charge in [-0.1, -0.05) is 0 Å². The second kappa shape index (κ2) is 18.1. The fourth-order valence-electron chi connectivity index (χ4n) is 1.10. The lowest BCUT2D eigenvalue weighted by atomic mass is 10.2. The van der Waals surface area contributed by atoms with Crippen molar-refractivity contribution < 1.29 is 146 Å². The predicted molar refractivity (Wildman–Crippen MR) is 92.6 cm³/mol. The molecule has 0 rings (SSSR count). The summed E-state index contributed by atoms with van der Waals surface area (Å²) in [5.74, 6) is -8.17. The van der Waals surface area contributed by atoms with Crippen LogP contribution in [0.4, 0.5) is 101 Å². The quantitative estimate of drug-likeness (QED) is 0.143. The van der Waals surface area contributed by atoms with E-state index in [0.717, 1.165) is 0 Å². The van der Waals surface area contributed by atoms with Crippen LogP contribution in [-0.2, 0) is 14.2 Å². The molecule has 0 bridgehead atoms. The topological polar surface area (TPSA) is 149 Å². The molecule has 0 atom stereocenters. The fourth-order valence-corrected chi connectivity index (χ4v) is 1.10. The average Bonchev–Trinajstić information content (AvgIpc) is 2.81. The molecule has 0 aliphatic heterocycles. The number of alkyl halides is 23. The molecule has 0 aromatic rings. The van der Waals surface area contributed by atoms with Crippen molar-refractivity contribution >= 4 is 0 Å². The van der Waals surface area contributed by atoms with E-state index in [1.807, 2.05) is 0 Å². The highest BCUT2D eigenvalue weighted by Crippen LogP contribution is 2.55. The first-order chi connectivity index (χ1) is 20.2. The van der Waals surface area contributed by atoms with Crippen LogP contribution in [0.25, 0.3) is 0 Å².